The number of rotatable bonds is 4. The maximum atomic E-state index is 5.97. The highest BCUT2D eigenvalue weighted by atomic mass is 16.5. The summed E-state index contributed by atoms with van der Waals surface area (Å²) in [6, 6.07) is 18.3. The van der Waals surface area contributed by atoms with E-state index in [2.05, 4.69) is 23.5 Å². The monoisotopic (exact) mass is 269 g/mol. The van der Waals surface area contributed by atoms with Crippen molar-refractivity contribution in [2.24, 2.45) is 0 Å². The van der Waals surface area contributed by atoms with Gasteiger partial charge in [0.15, 0.2) is 0 Å². The normalized spacial score (nSPS) is 18.7. The largest absolute Gasteiger partial charge is 0.489 e. The second-order valence-corrected chi connectivity index (χ2v) is 4.88. The third-order valence-electron chi connectivity index (χ3n) is 3.43. The summed E-state index contributed by atoms with van der Waals surface area (Å²) in [4.78, 5) is 0. The van der Waals surface area contributed by atoms with Crippen LogP contribution in [0.3, 0.4) is 0 Å². The van der Waals surface area contributed by atoms with E-state index < -0.39 is 0 Å². The highest BCUT2D eigenvalue weighted by Gasteiger charge is 2.19. The van der Waals surface area contributed by atoms with E-state index in [1.54, 1.807) is 0 Å². The van der Waals surface area contributed by atoms with Crippen molar-refractivity contribution >= 4 is 0 Å². The smallest absolute Gasteiger partial charge is 0.125 e. The maximum absolute atomic E-state index is 5.97. The van der Waals surface area contributed by atoms with Crippen molar-refractivity contribution < 1.29 is 9.47 Å². The topological polar surface area (TPSA) is 30.5 Å². The lowest BCUT2D eigenvalue weighted by Crippen LogP contribution is -2.33. The molecule has 1 heterocycles. The molecule has 1 atom stereocenters. The van der Waals surface area contributed by atoms with Gasteiger partial charge in [0.1, 0.15) is 12.4 Å². The Kier molecular flexibility index (Phi) is 4.31. The first-order valence-electron chi connectivity index (χ1n) is 7.01. The zero-order valence-corrected chi connectivity index (χ0v) is 11.4. The van der Waals surface area contributed by atoms with Gasteiger partial charge in [-0.2, -0.15) is 0 Å². The number of hydrogen-bond acceptors (Lipinski definition) is 3. The molecule has 20 heavy (non-hydrogen) atoms. The van der Waals surface area contributed by atoms with Gasteiger partial charge < -0.3 is 14.8 Å². The Bertz CT molecular complexity index is 536. The minimum Gasteiger partial charge on any atom is -0.489 e. The van der Waals surface area contributed by atoms with Gasteiger partial charge in [-0.05, 0) is 11.6 Å². The molecule has 1 fully saturated rings. The molecule has 0 saturated carbocycles. The van der Waals surface area contributed by atoms with Crippen molar-refractivity contribution in [1.82, 2.24) is 5.32 Å². The number of nitrogens with one attached hydrogen (secondary N) is 1. The molecule has 0 aromatic heterocycles. The molecule has 0 radical (unpaired) electrons. The molecular formula is C17H19NO2. The molecule has 0 aliphatic carbocycles. The second-order valence-electron chi connectivity index (χ2n) is 4.88. The highest BCUT2D eigenvalue weighted by molar-refractivity contribution is 5.36. The van der Waals surface area contributed by atoms with Gasteiger partial charge in [-0.15, -0.1) is 0 Å². The molecule has 104 valence electrons. The van der Waals surface area contributed by atoms with E-state index in [1.807, 2.05) is 36.4 Å². The number of morpholine rings is 1. The quantitative estimate of drug-likeness (QED) is 0.925. The molecule has 3 rings (SSSR count). The van der Waals surface area contributed by atoms with Gasteiger partial charge in [0, 0.05) is 18.7 Å². The molecule has 1 unspecified atom stereocenters. The third kappa shape index (κ3) is 3.18. The summed E-state index contributed by atoms with van der Waals surface area (Å²) < 4.78 is 11.8. The lowest BCUT2D eigenvalue weighted by atomic mass is 10.1. The maximum Gasteiger partial charge on any atom is 0.125 e. The van der Waals surface area contributed by atoms with Crippen LogP contribution >= 0.6 is 0 Å². The minimum atomic E-state index is 0.0794. The SMILES string of the molecule is c1ccc(COc2ccccc2C2CNCCO2)cc1. The van der Waals surface area contributed by atoms with E-state index in [0.29, 0.717) is 6.61 Å². The van der Waals surface area contributed by atoms with Crippen LogP contribution in [0.2, 0.25) is 0 Å². The summed E-state index contributed by atoms with van der Waals surface area (Å²) in [6.45, 7) is 3.09. The Morgan fingerprint density at radius 2 is 1.85 bits per heavy atom. The zero-order chi connectivity index (χ0) is 13.6. The van der Waals surface area contributed by atoms with Crippen LogP contribution in [0.5, 0.6) is 5.75 Å². The van der Waals surface area contributed by atoms with Crippen molar-refractivity contribution in [3.8, 4) is 5.75 Å². The van der Waals surface area contributed by atoms with Gasteiger partial charge >= 0.3 is 0 Å². The average Bonchev–Trinajstić information content (AvgIpc) is 2.55. The Hall–Kier alpha value is -1.84. The van der Waals surface area contributed by atoms with Crippen molar-refractivity contribution in [3.63, 3.8) is 0 Å². The Morgan fingerprint density at radius 1 is 1.05 bits per heavy atom. The molecule has 0 amide bonds. The fourth-order valence-corrected chi connectivity index (χ4v) is 2.38. The van der Waals surface area contributed by atoms with Gasteiger partial charge in [0.05, 0.1) is 12.7 Å². The van der Waals surface area contributed by atoms with E-state index >= 15 is 0 Å². The number of hydrogen-bond donors (Lipinski definition) is 1. The molecule has 2 aromatic carbocycles. The summed E-state index contributed by atoms with van der Waals surface area (Å²) in [5.74, 6) is 0.907. The fourth-order valence-electron chi connectivity index (χ4n) is 2.38. The number of para-hydroxylation sites is 1. The van der Waals surface area contributed by atoms with Crippen LogP contribution < -0.4 is 10.1 Å². The van der Waals surface area contributed by atoms with Crippen molar-refractivity contribution in [2.75, 3.05) is 19.7 Å². The first-order valence-corrected chi connectivity index (χ1v) is 7.01. The lowest BCUT2D eigenvalue weighted by molar-refractivity contribution is 0.0257. The van der Waals surface area contributed by atoms with Gasteiger partial charge in [-0.3, -0.25) is 0 Å². The molecular weight excluding hydrogens is 250 g/mol. The average molecular weight is 269 g/mol. The molecule has 1 aliphatic rings. The van der Waals surface area contributed by atoms with E-state index in [0.717, 1.165) is 31.0 Å². The van der Waals surface area contributed by atoms with Crippen LogP contribution in [-0.2, 0) is 11.3 Å². The standard InChI is InChI=1S/C17H19NO2/c1-2-6-14(7-3-1)13-20-16-9-5-4-8-15(16)17-12-18-10-11-19-17/h1-9,17-18H,10-13H2. The molecule has 1 N–H and O–H groups in total. The first kappa shape index (κ1) is 13.2. The molecule has 1 saturated heterocycles. The predicted molar refractivity (Wildman–Crippen MR) is 78.8 cm³/mol. The Morgan fingerprint density at radius 3 is 2.65 bits per heavy atom. The first-order chi connectivity index (χ1) is 9.93. The molecule has 3 nitrogen and oxygen atoms in total. The van der Waals surface area contributed by atoms with Gasteiger partial charge in [0.2, 0.25) is 0 Å². The summed E-state index contributed by atoms with van der Waals surface area (Å²) >= 11 is 0. The second kappa shape index (κ2) is 6.55. The van der Waals surface area contributed by atoms with Crippen molar-refractivity contribution in [3.05, 3.63) is 65.7 Å². The van der Waals surface area contributed by atoms with Crippen LogP contribution in [0, 0.1) is 0 Å². The van der Waals surface area contributed by atoms with Crippen molar-refractivity contribution in [2.45, 2.75) is 12.7 Å². The van der Waals surface area contributed by atoms with E-state index in [-0.39, 0.29) is 6.10 Å². The van der Waals surface area contributed by atoms with Crippen LogP contribution in [0.1, 0.15) is 17.2 Å². The zero-order valence-electron chi connectivity index (χ0n) is 11.4. The number of ether oxygens (including phenoxy) is 2. The number of benzene rings is 2. The predicted octanol–water partition coefficient (Wildman–Crippen LogP) is 2.93. The summed E-state index contributed by atoms with van der Waals surface area (Å²) in [6.07, 6.45) is 0.0794. The van der Waals surface area contributed by atoms with Crippen LogP contribution in [0.15, 0.2) is 54.6 Å². The van der Waals surface area contributed by atoms with Crippen LogP contribution in [0.4, 0.5) is 0 Å². The van der Waals surface area contributed by atoms with E-state index in [1.165, 1.54) is 5.56 Å². The summed E-state index contributed by atoms with van der Waals surface area (Å²) in [7, 11) is 0. The van der Waals surface area contributed by atoms with Crippen LogP contribution in [0.25, 0.3) is 0 Å². The summed E-state index contributed by atoms with van der Waals surface area (Å²) in [5.41, 5.74) is 2.29. The van der Waals surface area contributed by atoms with E-state index in [4.69, 9.17) is 9.47 Å². The minimum absolute atomic E-state index is 0.0794. The van der Waals surface area contributed by atoms with Gasteiger partial charge in [0.25, 0.3) is 0 Å². The molecule has 0 spiro atoms. The summed E-state index contributed by atoms with van der Waals surface area (Å²) in [5, 5.41) is 3.35. The molecule has 1 aliphatic heterocycles. The molecule has 3 heteroatoms. The van der Waals surface area contributed by atoms with Gasteiger partial charge in [-0.25, -0.2) is 0 Å². The van der Waals surface area contributed by atoms with E-state index in [9.17, 15) is 0 Å². The fraction of sp³-hybridized carbons (Fsp3) is 0.294. The van der Waals surface area contributed by atoms with Crippen molar-refractivity contribution in [1.29, 1.82) is 0 Å². The Balaban J connectivity index is 1.72. The van der Waals surface area contributed by atoms with Crippen LogP contribution in [-0.4, -0.2) is 19.7 Å². The third-order valence-corrected chi connectivity index (χ3v) is 3.43. The Labute approximate surface area is 119 Å². The van der Waals surface area contributed by atoms with Gasteiger partial charge in [-0.1, -0.05) is 48.5 Å². The molecule has 2 aromatic rings. The highest BCUT2D eigenvalue weighted by Crippen LogP contribution is 2.28. The lowest BCUT2D eigenvalue weighted by Gasteiger charge is -2.25. The molecule has 0 bridgehead atoms.